The van der Waals surface area contributed by atoms with Crippen molar-refractivity contribution in [2.24, 2.45) is 0 Å². The predicted octanol–water partition coefficient (Wildman–Crippen LogP) is 3.86. The minimum atomic E-state index is -1.15. The third kappa shape index (κ3) is 4.77. The Balaban J connectivity index is 2.18. The van der Waals surface area contributed by atoms with Gasteiger partial charge in [0.2, 0.25) is 0 Å². The highest BCUT2D eigenvalue weighted by atomic mass is 35.5. The number of carboxylic acids is 1. The standard InChI is InChI=1S/C18H20ClNO6/c1-3-14-11(18(22)23)10-15(26-14)17(21)20-13-7-5-6-12(19)16(13)25-9-8-24-4-2/h5-7,10H,3-4,8-9H2,1-2H3,(H,20,21)(H,22,23). The van der Waals surface area contributed by atoms with Crippen LogP contribution in [0, 0.1) is 0 Å². The molecule has 2 N–H and O–H groups in total. The molecule has 1 heterocycles. The summed E-state index contributed by atoms with van der Waals surface area (Å²) in [6.07, 6.45) is 0.359. The zero-order chi connectivity index (χ0) is 19.1. The van der Waals surface area contributed by atoms with E-state index in [1.165, 1.54) is 6.07 Å². The van der Waals surface area contributed by atoms with E-state index in [1.807, 2.05) is 6.92 Å². The second kappa shape index (κ2) is 9.26. The van der Waals surface area contributed by atoms with E-state index in [9.17, 15) is 9.59 Å². The van der Waals surface area contributed by atoms with E-state index in [0.717, 1.165) is 0 Å². The Labute approximate surface area is 155 Å². The van der Waals surface area contributed by atoms with Crippen molar-refractivity contribution in [3.8, 4) is 5.75 Å². The maximum atomic E-state index is 12.4. The quantitative estimate of drug-likeness (QED) is 0.640. The molecule has 8 heteroatoms. The smallest absolute Gasteiger partial charge is 0.339 e. The lowest BCUT2D eigenvalue weighted by Crippen LogP contribution is -2.13. The fourth-order valence-electron chi connectivity index (χ4n) is 2.27. The van der Waals surface area contributed by atoms with Crippen LogP contribution in [0.1, 0.15) is 40.5 Å². The second-order valence-electron chi connectivity index (χ2n) is 5.22. The number of carbonyl (C=O) groups is 2. The van der Waals surface area contributed by atoms with Crippen LogP contribution in [0.2, 0.25) is 5.02 Å². The highest BCUT2D eigenvalue weighted by Crippen LogP contribution is 2.33. The minimum Gasteiger partial charge on any atom is -0.487 e. The topological polar surface area (TPSA) is 98.0 Å². The molecule has 0 aliphatic heterocycles. The van der Waals surface area contributed by atoms with E-state index in [2.05, 4.69) is 5.32 Å². The van der Waals surface area contributed by atoms with E-state index in [4.69, 9.17) is 30.6 Å². The van der Waals surface area contributed by atoms with Crippen LogP contribution >= 0.6 is 11.6 Å². The number of hydrogen-bond donors (Lipinski definition) is 2. The van der Waals surface area contributed by atoms with E-state index in [1.54, 1.807) is 25.1 Å². The van der Waals surface area contributed by atoms with Gasteiger partial charge in [0.1, 0.15) is 17.9 Å². The van der Waals surface area contributed by atoms with Gasteiger partial charge in [0.25, 0.3) is 5.91 Å². The number of carbonyl (C=O) groups excluding carboxylic acids is 1. The molecule has 26 heavy (non-hydrogen) atoms. The zero-order valence-electron chi connectivity index (χ0n) is 14.5. The number of anilines is 1. The number of hydrogen-bond acceptors (Lipinski definition) is 5. The lowest BCUT2D eigenvalue weighted by molar-refractivity contribution is 0.0694. The summed E-state index contributed by atoms with van der Waals surface area (Å²) >= 11 is 6.15. The summed E-state index contributed by atoms with van der Waals surface area (Å²) in [4.78, 5) is 23.6. The molecule has 1 aromatic carbocycles. The van der Waals surface area contributed by atoms with Gasteiger partial charge in [-0.1, -0.05) is 24.6 Å². The van der Waals surface area contributed by atoms with Crippen molar-refractivity contribution in [2.45, 2.75) is 20.3 Å². The Morgan fingerprint density at radius 2 is 2.04 bits per heavy atom. The number of ether oxygens (including phenoxy) is 2. The Morgan fingerprint density at radius 1 is 1.27 bits per heavy atom. The number of halogens is 1. The third-order valence-electron chi connectivity index (χ3n) is 3.48. The molecule has 0 spiro atoms. The van der Waals surface area contributed by atoms with E-state index in [0.29, 0.717) is 36.1 Å². The number of amides is 1. The van der Waals surface area contributed by atoms with Crippen LogP contribution in [-0.4, -0.2) is 36.8 Å². The molecule has 140 valence electrons. The first-order valence-corrected chi connectivity index (χ1v) is 8.52. The monoisotopic (exact) mass is 381 g/mol. The van der Waals surface area contributed by atoms with Crippen LogP contribution in [-0.2, 0) is 11.2 Å². The molecule has 0 unspecified atom stereocenters. The molecule has 0 aliphatic rings. The summed E-state index contributed by atoms with van der Waals surface area (Å²) in [5, 5.41) is 12.1. The van der Waals surface area contributed by atoms with Crippen molar-refractivity contribution in [3.63, 3.8) is 0 Å². The van der Waals surface area contributed by atoms with Crippen LogP contribution in [0.25, 0.3) is 0 Å². The molecule has 0 aliphatic carbocycles. The molecule has 1 aromatic heterocycles. The lowest BCUT2D eigenvalue weighted by Gasteiger charge is -2.13. The third-order valence-corrected chi connectivity index (χ3v) is 3.78. The average Bonchev–Trinajstić information content (AvgIpc) is 3.05. The summed E-state index contributed by atoms with van der Waals surface area (Å²) in [6, 6.07) is 6.13. The molecular formula is C18H20ClNO6. The van der Waals surface area contributed by atoms with Gasteiger partial charge >= 0.3 is 5.97 Å². The van der Waals surface area contributed by atoms with Gasteiger partial charge < -0.3 is 24.3 Å². The number of para-hydroxylation sites is 1. The fraction of sp³-hybridized carbons (Fsp3) is 0.333. The zero-order valence-corrected chi connectivity index (χ0v) is 15.3. The summed E-state index contributed by atoms with van der Waals surface area (Å²) in [5.74, 6) is -1.29. The Hall–Kier alpha value is -2.51. The minimum absolute atomic E-state index is 0.0306. The van der Waals surface area contributed by atoms with Gasteiger partial charge in [-0.25, -0.2) is 4.79 Å². The van der Waals surface area contributed by atoms with Gasteiger partial charge in [-0.05, 0) is 19.1 Å². The highest BCUT2D eigenvalue weighted by molar-refractivity contribution is 6.32. The van der Waals surface area contributed by atoms with E-state index >= 15 is 0 Å². The van der Waals surface area contributed by atoms with Crippen molar-refractivity contribution in [2.75, 3.05) is 25.1 Å². The highest BCUT2D eigenvalue weighted by Gasteiger charge is 2.21. The Bertz CT molecular complexity index is 786. The van der Waals surface area contributed by atoms with Crippen LogP contribution < -0.4 is 10.1 Å². The van der Waals surface area contributed by atoms with Gasteiger partial charge in [0, 0.05) is 19.1 Å². The molecule has 7 nitrogen and oxygen atoms in total. The van der Waals surface area contributed by atoms with Crippen molar-refractivity contribution < 1.29 is 28.6 Å². The molecule has 2 aromatic rings. The Kier molecular flexibility index (Phi) is 7.06. The number of furan rings is 1. The summed E-state index contributed by atoms with van der Waals surface area (Å²) < 4.78 is 16.2. The summed E-state index contributed by atoms with van der Waals surface area (Å²) in [6.45, 7) is 4.84. The first kappa shape index (κ1) is 19.8. The van der Waals surface area contributed by atoms with Gasteiger partial charge in [-0.2, -0.15) is 0 Å². The van der Waals surface area contributed by atoms with Crippen LogP contribution in [0.4, 0.5) is 5.69 Å². The molecular weight excluding hydrogens is 362 g/mol. The number of benzene rings is 1. The van der Waals surface area contributed by atoms with E-state index < -0.39 is 11.9 Å². The first-order chi connectivity index (χ1) is 12.5. The summed E-state index contributed by atoms with van der Waals surface area (Å²) in [5.41, 5.74) is 0.322. The van der Waals surface area contributed by atoms with Crippen LogP contribution in [0.3, 0.4) is 0 Å². The van der Waals surface area contributed by atoms with Crippen molar-refractivity contribution in [1.29, 1.82) is 0 Å². The molecule has 1 amide bonds. The predicted molar refractivity (Wildman–Crippen MR) is 96.4 cm³/mol. The number of aromatic carboxylic acids is 1. The van der Waals surface area contributed by atoms with Gasteiger partial charge in [-0.15, -0.1) is 0 Å². The molecule has 0 fully saturated rings. The molecule has 0 atom stereocenters. The molecule has 2 rings (SSSR count). The molecule has 0 saturated heterocycles. The summed E-state index contributed by atoms with van der Waals surface area (Å²) in [7, 11) is 0. The van der Waals surface area contributed by atoms with Crippen molar-refractivity contribution in [3.05, 3.63) is 46.4 Å². The average molecular weight is 382 g/mol. The normalized spacial score (nSPS) is 10.6. The van der Waals surface area contributed by atoms with E-state index in [-0.39, 0.29) is 23.7 Å². The molecule has 0 radical (unpaired) electrons. The SMILES string of the molecule is CCOCCOc1c(Cl)cccc1NC(=O)c1cc(C(=O)O)c(CC)o1. The molecule has 0 bridgehead atoms. The largest absolute Gasteiger partial charge is 0.487 e. The van der Waals surface area contributed by atoms with Crippen molar-refractivity contribution >= 4 is 29.2 Å². The Morgan fingerprint density at radius 3 is 2.65 bits per heavy atom. The number of aryl methyl sites for hydroxylation is 1. The van der Waals surface area contributed by atoms with Crippen LogP contribution in [0.5, 0.6) is 5.75 Å². The maximum absolute atomic E-state index is 12.4. The number of rotatable bonds is 9. The van der Waals surface area contributed by atoms with Gasteiger partial charge in [0.15, 0.2) is 11.5 Å². The second-order valence-corrected chi connectivity index (χ2v) is 5.63. The van der Waals surface area contributed by atoms with Gasteiger partial charge in [-0.3, -0.25) is 4.79 Å². The molecule has 0 saturated carbocycles. The van der Waals surface area contributed by atoms with Crippen molar-refractivity contribution in [1.82, 2.24) is 0 Å². The van der Waals surface area contributed by atoms with Gasteiger partial charge in [0.05, 0.1) is 17.3 Å². The van der Waals surface area contributed by atoms with Crippen LogP contribution in [0.15, 0.2) is 28.7 Å². The first-order valence-electron chi connectivity index (χ1n) is 8.14. The number of nitrogens with one attached hydrogen (secondary N) is 1. The number of carboxylic acid groups (broad SMARTS) is 1. The maximum Gasteiger partial charge on any atom is 0.339 e. The fourth-order valence-corrected chi connectivity index (χ4v) is 2.50. The lowest BCUT2D eigenvalue weighted by atomic mass is 10.2.